The summed E-state index contributed by atoms with van der Waals surface area (Å²) in [6.07, 6.45) is 4.66. The standard InChI is InChI=1S/C16H22ClNO2/c1-20-14-8-5-12(6-9-14)7-10-16(19)18-11-13-3-2-4-15(13)17/h5-6,8-9,13,15H,2-4,7,10-11H2,1H3,(H,18,19). The van der Waals surface area contributed by atoms with Crippen molar-refractivity contribution < 1.29 is 9.53 Å². The molecule has 3 nitrogen and oxygen atoms in total. The molecule has 2 rings (SSSR count). The van der Waals surface area contributed by atoms with E-state index in [4.69, 9.17) is 16.3 Å². The van der Waals surface area contributed by atoms with E-state index in [0.29, 0.717) is 12.3 Å². The third kappa shape index (κ3) is 4.41. The Hall–Kier alpha value is -1.22. The third-order valence-corrected chi connectivity index (χ3v) is 4.50. The van der Waals surface area contributed by atoms with Gasteiger partial charge < -0.3 is 10.1 Å². The fourth-order valence-electron chi connectivity index (χ4n) is 2.60. The molecule has 0 aliphatic heterocycles. The number of ether oxygens (including phenoxy) is 1. The van der Waals surface area contributed by atoms with Crippen molar-refractivity contribution in [3.05, 3.63) is 29.8 Å². The number of hydrogen-bond donors (Lipinski definition) is 1. The lowest BCUT2D eigenvalue weighted by Gasteiger charge is -2.14. The molecule has 2 unspecified atom stereocenters. The summed E-state index contributed by atoms with van der Waals surface area (Å²) in [5, 5.41) is 3.23. The first-order chi connectivity index (χ1) is 9.69. The average Bonchev–Trinajstić information content (AvgIpc) is 2.89. The number of hydrogen-bond acceptors (Lipinski definition) is 2. The lowest BCUT2D eigenvalue weighted by molar-refractivity contribution is -0.121. The number of amides is 1. The van der Waals surface area contributed by atoms with Crippen LogP contribution in [0.4, 0.5) is 0 Å². The molecule has 20 heavy (non-hydrogen) atoms. The zero-order chi connectivity index (χ0) is 14.4. The minimum Gasteiger partial charge on any atom is -0.497 e. The molecule has 1 fully saturated rings. The van der Waals surface area contributed by atoms with Gasteiger partial charge in [0.25, 0.3) is 0 Å². The van der Waals surface area contributed by atoms with Crippen molar-refractivity contribution in [2.75, 3.05) is 13.7 Å². The van der Waals surface area contributed by atoms with Crippen LogP contribution in [-0.2, 0) is 11.2 Å². The molecule has 0 heterocycles. The van der Waals surface area contributed by atoms with Gasteiger partial charge in [0.2, 0.25) is 5.91 Å². The molecule has 110 valence electrons. The van der Waals surface area contributed by atoms with Crippen LogP contribution >= 0.6 is 11.6 Å². The van der Waals surface area contributed by atoms with E-state index in [0.717, 1.165) is 37.1 Å². The highest BCUT2D eigenvalue weighted by molar-refractivity contribution is 6.20. The van der Waals surface area contributed by atoms with Crippen LogP contribution in [0.3, 0.4) is 0 Å². The molecule has 2 atom stereocenters. The number of carbonyl (C=O) groups excluding carboxylic acids is 1. The van der Waals surface area contributed by atoms with Crippen LogP contribution in [-0.4, -0.2) is 24.9 Å². The number of rotatable bonds is 6. The van der Waals surface area contributed by atoms with Gasteiger partial charge in [0.05, 0.1) is 7.11 Å². The molecule has 1 saturated carbocycles. The Morgan fingerprint density at radius 2 is 2.10 bits per heavy atom. The maximum atomic E-state index is 11.8. The van der Waals surface area contributed by atoms with Gasteiger partial charge in [-0.25, -0.2) is 0 Å². The second-order valence-electron chi connectivity index (χ2n) is 5.36. The minimum absolute atomic E-state index is 0.108. The predicted molar refractivity (Wildman–Crippen MR) is 81.3 cm³/mol. The lowest BCUT2D eigenvalue weighted by Crippen LogP contribution is -2.31. The average molecular weight is 296 g/mol. The minimum atomic E-state index is 0.108. The molecule has 0 aromatic heterocycles. The van der Waals surface area contributed by atoms with Gasteiger partial charge in [-0.2, -0.15) is 0 Å². The number of carbonyl (C=O) groups is 1. The fourth-order valence-corrected chi connectivity index (χ4v) is 2.97. The lowest BCUT2D eigenvalue weighted by atomic mass is 10.1. The Labute approximate surface area is 125 Å². The quantitative estimate of drug-likeness (QED) is 0.819. The molecule has 4 heteroatoms. The van der Waals surface area contributed by atoms with Crippen LogP contribution in [0.1, 0.15) is 31.2 Å². The number of benzene rings is 1. The van der Waals surface area contributed by atoms with Crippen LogP contribution in [0.5, 0.6) is 5.75 Å². The first-order valence-electron chi connectivity index (χ1n) is 7.22. The van der Waals surface area contributed by atoms with Gasteiger partial charge in [-0.05, 0) is 42.9 Å². The van der Waals surface area contributed by atoms with E-state index in [9.17, 15) is 4.79 Å². The molecular weight excluding hydrogens is 274 g/mol. The zero-order valence-corrected chi connectivity index (χ0v) is 12.7. The van der Waals surface area contributed by atoms with E-state index in [-0.39, 0.29) is 11.3 Å². The van der Waals surface area contributed by atoms with Gasteiger partial charge >= 0.3 is 0 Å². The fraction of sp³-hybridized carbons (Fsp3) is 0.562. The van der Waals surface area contributed by atoms with E-state index < -0.39 is 0 Å². The number of alkyl halides is 1. The summed E-state index contributed by atoms with van der Waals surface area (Å²) in [4.78, 5) is 11.8. The summed E-state index contributed by atoms with van der Waals surface area (Å²) in [5.41, 5.74) is 1.15. The van der Waals surface area contributed by atoms with E-state index in [1.165, 1.54) is 6.42 Å². The molecule has 1 N–H and O–H groups in total. The van der Waals surface area contributed by atoms with Crippen LogP contribution < -0.4 is 10.1 Å². The summed E-state index contributed by atoms with van der Waals surface area (Å²) >= 11 is 6.20. The summed E-state index contributed by atoms with van der Waals surface area (Å²) in [6, 6.07) is 7.84. The highest BCUT2D eigenvalue weighted by atomic mass is 35.5. The molecule has 1 aromatic carbocycles. The number of methoxy groups -OCH3 is 1. The Balaban J connectivity index is 1.69. The second-order valence-corrected chi connectivity index (χ2v) is 5.92. The number of nitrogens with one attached hydrogen (secondary N) is 1. The SMILES string of the molecule is COc1ccc(CCC(=O)NCC2CCCC2Cl)cc1. The number of halogens is 1. The molecule has 0 spiro atoms. The van der Waals surface area contributed by atoms with Crippen LogP contribution in [0.15, 0.2) is 24.3 Å². The molecule has 1 aliphatic rings. The Morgan fingerprint density at radius 3 is 2.70 bits per heavy atom. The third-order valence-electron chi connectivity index (χ3n) is 3.93. The topological polar surface area (TPSA) is 38.3 Å². The van der Waals surface area contributed by atoms with Crippen LogP contribution in [0, 0.1) is 5.92 Å². The van der Waals surface area contributed by atoms with E-state index in [2.05, 4.69) is 5.32 Å². The van der Waals surface area contributed by atoms with Gasteiger partial charge in [0.1, 0.15) is 5.75 Å². The van der Waals surface area contributed by atoms with Gasteiger partial charge in [0, 0.05) is 18.3 Å². The van der Waals surface area contributed by atoms with Crippen molar-refractivity contribution in [1.82, 2.24) is 5.32 Å². The van der Waals surface area contributed by atoms with Crippen molar-refractivity contribution in [3.63, 3.8) is 0 Å². The maximum absolute atomic E-state index is 11.8. The van der Waals surface area contributed by atoms with Gasteiger partial charge in [0.15, 0.2) is 0 Å². The van der Waals surface area contributed by atoms with Crippen molar-refractivity contribution in [3.8, 4) is 5.75 Å². The summed E-state index contributed by atoms with van der Waals surface area (Å²) in [7, 11) is 1.65. The van der Waals surface area contributed by atoms with E-state index in [1.807, 2.05) is 24.3 Å². The molecule has 0 radical (unpaired) electrons. The molecule has 1 aliphatic carbocycles. The zero-order valence-electron chi connectivity index (χ0n) is 11.9. The first-order valence-corrected chi connectivity index (χ1v) is 7.66. The van der Waals surface area contributed by atoms with Gasteiger partial charge in [-0.15, -0.1) is 11.6 Å². The summed E-state index contributed by atoms with van der Waals surface area (Å²) in [5.74, 6) is 1.39. The van der Waals surface area contributed by atoms with E-state index in [1.54, 1.807) is 7.11 Å². The smallest absolute Gasteiger partial charge is 0.220 e. The van der Waals surface area contributed by atoms with E-state index >= 15 is 0 Å². The highest BCUT2D eigenvalue weighted by Crippen LogP contribution is 2.29. The molecule has 0 saturated heterocycles. The molecule has 1 amide bonds. The van der Waals surface area contributed by atoms with Crippen molar-refractivity contribution in [2.45, 2.75) is 37.5 Å². The van der Waals surface area contributed by atoms with Crippen LogP contribution in [0.2, 0.25) is 0 Å². The maximum Gasteiger partial charge on any atom is 0.220 e. The van der Waals surface area contributed by atoms with Gasteiger partial charge in [-0.1, -0.05) is 18.6 Å². The predicted octanol–water partition coefficient (Wildman–Crippen LogP) is 3.15. The summed E-state index contributed by atoms with van der Waals surface area (Å²) in [6.45, 7) is 0.718. The summed E-state index contributed by atoms with van der Waals surface area (Å²) < 4.78 is 5.11. The normalized spacial score (nSPS) is 21.7. The molecule has 0 bridgehead atoms. The monoisotopic (exact) mass is 295 g/mol. The highest BCUT2D eigenvalue weighted by Gasteiger charge is 2.25. The van der Waals surface area contributed by atoms with Crippen LogP contribution in [0.25, 0.3) is 0 Å². The van der Waals surface area contributed by atoms with Gasteiger partial charge in [-0.3, -0.25) is 4.79 Å². The Bertz CT molecular complexity index is 433. The Kier molecular flexibility index (Phi) is 5.72. The number of aryl methyl sites for hydroxylation is 1. The molecular formula is C16H22ClNO2. The molecule has 1 aromatic rings. The van der Waals surface area contributed by atoms with Crippen molar-refractivity contribution >= 4 is 17.5 Å². The Morgan fingerprint density at radius 1 is 1.35 bits per heavy atom. The first kappa shape index (κ1) is 15.2. The van der Waals surface area contributed by atoms with Crippen molar-refractivity contribution in [1.29, 1.82) is 0 Å². The largest absolute Gasteiger partial charge is 0.497 e. The van der Waals surface area contributed by atoms with Crippen molar-refractivity contribution in [2.24, 2.45) is 5.92 Å². The second kappa shape index (κ2) is 7.53.